The molecule has 278 valence electrons. The first kappa shape index (κ1) is 39.3. The number of sulfone groups is 1. The van der Waals surface area contributed by atoms with Crippen molar-refractivity contribution in [2.45, 2.75) is 161 Å². The number of nitrogens with one attached hydrogen (secondary N) is 3. The van der Waals surface area contributed by atoms with E-state index < -0.39 is 61.3 Å². The topological polar surface area (TPSA) is 159 Å². The van der Waals surface area contributed by atoms with E-state index in [1.54, 1.807) is 25.7 Å². The van der Waals surface area contributed by atoms with Gasteiger partial charge in [0.25, 0.3) is 5.91 Å². The van der Waals surface area contributed by atoms with Crippen molar-refractivity contribution in [3.63, 3.8) is 0 Å². The molecule has 0 spiro atoms. The Balaban J connectivity index is 1.54. The van der Waals surface area contributed by atoms with Gasteiger partial charge in [-0.25, -0.2) is 13.2 Å². The summed E-state index contributed by atoms with van der Waals surface area (Å²) in [5.41, 5.74) is -1.83. The van der Waals surface area contributed by atoms with Gasteiger partial charge in [-0.15, -0.1) is 0 Å². The molecule has 3 aliphatic carbocycles. The molecule has 49 heavy (non-hydrogen) atoms. The molecule has 4 aliphatic rings. The second-order valence-corrected chi connectivity index (χ2v) is 20.9. The number of carbonyl (C=O) groups excluding carboxylic acids is 5. The van der Waals surface area contributed by atoms with Crippen molar-refractivity contribution >= 4 is 39.2 Å². The number of likely N-dealkylation sites (tertiary alicyclic amines) is 1. The molecule has 0 bridgehead atoms. The van der Waals surface area contributed by atoms with Gasteiger partial charge >= 0.3 is 6.03 Å². The van der Waals surface area contributed by atoms with Gasteiger partial charge in [0.2, 0.25) is 11.7 Å². The predicted octanol–water partition coefficient (Wildman–Crippen LogP) is 4.71. The Morgan fingerprint density at radius 2 is 1.55 bits per heavy atom. The fraction of sp³-hybridized carbons (Fsp3) is 0.865. The fourth-order valence-electron chi connectivity index (χ4n) is 8.03. The van der Waals surface area contributed by atoms with Crippen LogP contribution in [0.25, 0.3) is 0 Å². The third-order valence-corrected chi connectivity index (χ3v) is 14.5. The Morgan fingerprint density at radius 3 is 2.08 bits per heavy atom. The molecule has 12 heteroatoms. The van der Waals surface area contributed by atoms with Crippen LogP contribution in [0, 0.1) is 28.6 Å². The maximum absolute atomic E-state index is 14.5. The number of hydrogen-bond donors (Lipinski definition) is 3. The van der Waals surface area contributed by atoms with Crippen molar-refractivity contribution in [3.8, 4) is 0 Å². The first-order valence-electron chi connectivity index (χ1n) is 18.5. The largest absolute Gasteiger partial charge is 0.347 e. The van der Waals surface area contributed by atoms with Crippen LogP contribution in [-0.4, -0.2) is 83.4 Å². The number of ketones is 2. The molecule has 3 N–H and O–H groups in total. The van der Waals surface area contributed by atoms with Gasteiger partial charge in [0.1, 0.15) is 6.04 Å². The highest BCUT2D eigenvalue weighted by Gasteiger charge is 2.69. The monoisotopic (exact) mass is 706 g/mol. The number of fused-ring (bicyclic) bond motifs is 1. The maximum atomic E-state index is 14.5. The molecule has 4 rings (SSSR count). The average molecular weight is 707 g/mol. The minimum atomic E-state index is -3.55. The number of amides is 4. The smallest absolute Gasteiger partial charge is 0.315 e. The molecule has 0 unspecified atom stereocenters. The van der Waals surface area contributed by atoms with E-state index in [-0.39, 0.29) is 47.2 Å². The zero-order valence-corrected chi connectivity index (χ0v) is 32.2. The van der Waals surface area contributed by atoms with Gasteiger partial charge in [0.05, 0.1) is 22.1 Å². The summed E-state index contributed by atoms with van der Waals surface area (Å²) in [6.45, 7) is 17.1. The molecule has 0 radical (unpaired) electrons. The number of urea groups is 1. The van der Waals surface area contributed by atoms with E-state index in [1.165, 1.54) is 0 Å². The summed E-state index contributed by atoms with van der Waals surface area (Å²) in [5.74, 6) is -2.67. The molecular formula is C37H62N4O7S. The van der Waals surface area contributed by atoms with Gasteiger partial charge in [-0.05, 0) is 75.5 Å². The van der Waals surface area contributed by atoms with Crippen LogP contribution in [-0.2, 0) is 29.0 Å². The van der Waals surface area contributed by atoms with Crippen molar-refractivity contribution in [2.24, 2.45) is 28.6 Å². The zero-order valence-electron chi connectivity index (χ0n) is 31.4. The fourth-order valence-corrected chi connectivity index (χ4v) is 9.55. The lowest BCUT2D eigenvalue weighted by atomic mass is 9.83. The molecule has 1 saturated heterocycles. The minimum Gasteiger partial charge on any atom is -0.347 e. The summed E-state index contributed by atoms with van der Waals surface area (Å²) in [7, 11) is -3.55. The van der Waals surface area contributed by atoms with Crippen molar-refractivity contribution < 1.29 is 32.4 Å². The molecule has 0 aromatic rings. The molecule has 3 saturated carbocycles. The highest BCUT2D eigenvalue weighted by Crippen LogP contribution is 2.65. The predicted molar refractivity (Wildman–Crippen MR) is 189 cm³/mol. The first-order chi connectivity index (χ1) is 22.5. The van der Waals surface area contributed by atoms with Crippen molar-refractivity contribution in [1.29, 1.82) is 0 Å². The van der Waals surface area contributed by atoms with E-state index >= 15 is 0 Å². The lowest BCUT2D eigenvalue weighted by molar-refractivity contribution is -0.145. The lowest BCUT2D eigenvalue weighted by Crippen LogP contribution is -2.63. The Hall–Kier alpha value is -2.50. The molecule has 11 nitrogen and oxygen atoms in total. The van der Waals surface area contributed by atoms with Crippen LogP contribution >= 0.6 is 0 Å². The van der Waals surface area contributed by atoms with Crippen molar-refractivity contribution in [1.82, 2.24) is 20.9 Å². The molecule has 5 atom stereocenters. The summed E-state index contributed by atoms with van der Waals surface area (Å²) in [6.07, 6.45) is 7.16. The lowest BCUT2D eigenvalue weighted by Gasteiger charge is -2.41. The van der Waals surface area contributed by atoms with Gasteiger partial charge in [-0.2, -0.15) is 0 Å². The highest BCUT2D eigenvalue weighted by atomic mass is 32.2. The maximum Gasteiger partial charge on any atom is 0.315 e. The van der Waals surface area contributed by atoms with Crippen molar-refractivity contribution in [3.05, 3.63) is 0 Å². The second kappa shape index (κ2) is 14.3. The van der Waals surface area contributed by atoms with Crippen LogP contribution in [0.5, 0.6) is 0 Å². The highest BCUT2D eigenvalue weighted by molar-refractivity contribution is 7.92. The normalized spacial score (nSPS) is 25.8. The molecular weight excluding hydrogens is 644 g/mol. The van der Waals surface area contributed by atoms with E-state index in [0.717, 1.165) is 38.5 Å². The molecule has 4 amide bonds. The van der Waals surface area contributed by atoms with Crippen LogP contribution in [0.15, 0.2) is 0 Å². The Bertz CT molecular complexity index is 1400. The van der Waals surface area contributed by atoms with E-state index in [9.17, 15) is 32.4 Å². The zero-order chi connectivity index (χ0) is 36.7. The van der Waals surface area contributed by atoms with Gasteiger partial charge in [-0.1, -0.05) is 73.6 Å². The second-order valence-electron chi connectivity index (χ2n) is 18.1. The number of hydrogen-bond acceptors (Lipinski definition) is 7. The average Bonchev–Trinajstić information content (AvgIpc) is 3.83. The van der Waals surface area contributed by atoms with Crippen LogP contribution in [0.4, 0.5) is 4.79 Å². The number of unbranched alkanes of at least 4 members (excludes halogenated alkanes) is 1. The summed E-state index contributed by atoms with van der Waals surface area (Å²) in [4.78, 5) is 70.0. The molecule has 0 aromatic carbocycles. The van der Waals surface area contributed by atoms with E-state index in [2.05, 4.69) is 29.8 Å². The van der Waals surface area contributed by atoms with Gasteiger partial charge in [-0.3, -0.25) is 19.2 Å². The quantitative estimate of drug-likeness (QED) is 0.221. The minimum absolute atomic E-state index is 0.0323. The van der Waals surface area contributed by atoms with Crippen LogP contribution in [0.3, 0.4) is 0 Å². The standard InChI is InChI=1S/C37H62N4O7S/c1-10-11-15-23(29(43)31(44)38-24-16-17-24)20-26(42)28-27-25(36(27,8)9)21-41(28)32(45)30(34(2,3)4)39-33(46)40-37(18-13-12-14-19-37)22-49(47,48)35(5,6)7/h23-25,27-28,30H,10-22H2,1-9H3,(H,38,44)(H2,39,40,46)/t23-,25-,27-,28+,30+/m0/s1. The first-order valence-corrected chi connectivity index (χ1v) is 20.2. The third-order valence-electron chi connectivity index (χ3n) is 11.7. The summed E-state index contributed by atoms with van der Waals surface area (Å²) in [5, 5.41) is 8.70. The van der Waals surface area contributed by atoms with Gasteiger partial charge < -0.3 is 20.9 Å². The molecule has 1 aliphatic heterocycles. The van der Waals surface area contributed by atoms with Gasteiger partial charge in [0, 0.05) is 24.9 Å². The molecule has 0 aromatic heterocycles. The van der Waals surface area contributed by atoms with E-state index in [1.807, 2.05) is 27.7 Å². The number of nitrogens with zero attached hydrogens (tertiary/aromatic N) is 1. The van der Waals surface area contributed by atoms with E-state index in [4.69, 9.17) is 0 Å². The molecule has 1 heterocycles. The Morgan fingerprint density at radius 1 is 0.939 bits per heavy atom. The number of Topliss-reactive ketones (excluding diaryl/α,β-unsaturated/α-hetero) is 2. The SMILES string of the molecule is CCCC[C@@H](CC(=O)[C@@H]1[C@@H]2[C@H](CN1C(=O)[C@@H](NC(=O)NC1(CS(=O)(=O)C(C)(C)C)CCCCC1)C(C)(C)C)C2(C)C)C(=O)C(=O)NC1CC1. The van der Waals surface area contributed by atoms with E-state index in [0.29, 0.717) is 32.2 Å². The number of piperidine rings is 1. The van der Waals surface area contributed by atoms with Crippen LogP contribution in [0.1, 0.15) is 133 Å². The van der Waals surface area contributed by atoms with Gasteiger partial charge in [0.15, 0.2) is 15.6 Å². The summed E-state index contributed by atoms with van der Waals surface area (Å²) >= 11 is 0. The Labute approximate surface area is 294 Å². The Kier molecular flexibility index (Phi) is 11.4. The summed E-state index contributed by atoms with van der Waals surface area (Å²) in [6, 6.07) is -2.32. The molecule has 4 fully saturated rings. The summed E-state index contributed by atoms with van der Waals surface area (Å²) < 4.78 is 25.6. The van der Waals surface area contributed by atoms with Crippen LogP contribution in [0.2, 0.25) is 0 Å². The van der Waals surface area contributed by atoms with Crippen LogP contribution < -0.4 is 16.0 Å². The number of carbonyl (C=O) groups is 5. The third kappa shape index (κ3) is 8.87. The van der Waals surface area contributed by atoms with Crippen molar-refractivity contribution in [2.75, 3.05) is 12.3 Å². The number of rotatable bonds is 14.